The molecule has 2 atom stereocenters. The molecule has 0 aliphatic carbocycles. The molecule has 9 heteroatoms. The molecule has 0 fully saturated rings. The van der Waals surface area contributed by atoms with E-state index < -0.39 is 36.9 Å². The first-order valence-corrected chi connectivity index (χ1v) is 6.25. The smallest absolute Gasteiger partial charge is 0.405 e. The summed E-state index contributed by atoms with van der Waals surface area (Å²) in [5.41, 5.74) is 0.615. The lowest BCUT2D eigenvalue weighted by atomic mass is 10.0. The van der Waals surface area contributed by atoms with Crippen molar-refractivity contribution in [3.63, 3.8) is 0 Å². The van der Waals surface area contributed by atoms with E-state index in [2.05, 4.69) is 0 Å². The standard InChI is InChI=1S/C13H15F3N2O4/c14-13(15,16)7-17-11(20)10(19)9(18-12(21)22)6-8-4-2-1-3-5-8/h1-5,9-10,18-19H,6-7H2,(H,17,20)(H,21,22)/t9-,10?/m0/s1. The fraction of sp³-hybridized carbons (Fsp3) is 0.385. The van der Waals surface area contributed by atoms with E-state index in [-0.39, 0.29) is 6.42 Å². The Labute approximate surface area is 123 Å². The number of carboxylic acid groups (broad SMARTS) is 1. The van der Waals surface area contributed by atoms with Crippen molar-refractivity contribution in [3.8, 4) is 0 Å². The Morgan fingerprint density at radius 3 is 2.27 bits per heavy atom. The van der Waals surface area contributed by atoms with Crippen LogP contribution in [0.5, 0.6) is 0 Å². The lowest BCUT2D eigenvalue weighted by Gasteiger charge is -2.22. The number of hydrogen-bond donors (Lipinski definition) is 4. The first-order valence-electron chi connectivity index (χ1n) is 6.25. The summed E-state index contributed by atoms with van der Waals surface area (Å²) in [5.74, 6) is -1.30. The summed E-state index contributed by atoms with van der Waals surface area (Å²) >= 11 is 0. The van der Waals surface area contributed by atoms with Gasteiger partial charge in [-0.2, -0.15) is 13.2 Å². The Morgan fingerprint density at radius 2 is 1.77 bits per heavy atom. The van der Waals surface area contributed by atoms with Gasteiger partial charge in [0.05, 0.1) is 6.04 Å². The molecule has 4 N–H and O–H groups in total. The number of carbonyl (C=O) groups is 2. The summed E-state index contributed by atoms with van der Waals surface area (Å²) < 4.78 is 36.1. The van der Waals surface area contributed by atoms with Gasteiger partial charge in [-0.25, -0.2) is 4.79 Å². The summed E-state index contributed by atoms with van der Waals surface area (Å²) in [6, 6.07) is 7.06. The average Bonchev–Trinajstić information content (AvgIpc) is 2.43. The zero-order valence-corrected chi connectivity index (χ0v) is 11.3. The largest absolute Gasteiger partial charge is 0.465 e. The van der Waals surface area contributed by atoms with Crippen LogP contribution in [0.3, 0.4) is 0 Å². The van der Waals surface area contributed by atoms with Crippen LogP contribution in [0.1, 0.15) is 5.56 Å². The van der Waals surface area contributed by atoms with Crippen molar-refractivity contribution in [1.82, 2.24) is 10.6 Å². The van der Waals surface area contributed by atoms with E-state index in [9.17, 15) is 27.9 Å². The minimum Gasteiger partial charge on any atom is -0.465 e. The molecule has 0 aliphatic heterocycles. The maximum Gasteiger partial charge on any atom is 0.405 e. The molecule has 0 aliphatic rings. The zero-order chi connectivity index (χ0) is 16.8. The first-order chi connectivity index (χ1) is 10.2. The number of benzene rings is 1. The van der Waals surface area contributed by atoms with Crippen molar-refractivity contribution in [2.75, 3.05) is 6.54 Å². The van der Waals surface area contributed by atoms with Gasteiger partial charge in [0, 0.05) is 0 Å². The van der Waals surface area contributed by atoms with Gasteiger partial charge in [-0.1, -0.05) is 30.3 Å². The number of alkyl halides is 3. The molecule has 1 aromatic rings. The minimum absolute atomic E-state index is 0.0479. The number of amides is 2. The van der Waals surface area contributed by atoms with E-state index in [1.807, 2.05) is 5.32 Å². The molecule has 0 saturated carbocycles. The predicted octanol–water partition coefficient (Wildman–Crippen LogP) is 0.905. The molecular formula is C13H15F3N2O4. The molecule has 0 spiro atoms. The molecule has 1 unspecified atom stereocenters. The number of hydrogen-bond acceptors (Lipinski definition) is 3. The Kier molecular flexibility index (Phi) is 6.17. The second-order valence-corrected chi connectivity index (χ2v) is 4.52. The molecule has 0 saturated heterocycles. The van der Waals surface area contributed by atoms with Crippen LogP contribution in [0.25, 0.3) is 0 Å². The Morgan fingerprint density at radius 1 is 1.18 bits per heavy atom. The Balaban J connectivity index is 2.73. The maximum atomic E-state index is 12.0. The van der Waals surface area contributed by atoms with Gasteiger partial charge in [-0.15, -0.1) is 0 Å². The van der Waals surface area contributed by atoms with Crippen LogP contribution in [0.15, 0.2) is 30.3 Å². The topological polar surface area (TPSA) is 98.7 Å². The molecular weight excluding hydrogens is 305 g/mol. The monoisotopic (exact) mass is 320 g/mol. The van der Waals surface area contributed by atoms with Gasteiger partial charge in [0.25, 0.3) is 5.91 Å². The van der Waals surface area contributed by atoms with E-state index in [1.165, 1.54) is 5.32 Å². The number of carbonyl (C=O) groups excluding carboxylic acids is 1. The van der Waals surface area contributed by atoms with Crippen LogP contribution in [-0.4, -0.2) is 47.1 Å². The molecule has 2 amide bonds. The zero-order valence-electron chi connectivity index (χ0n) is 11.3. The highest BCUT2D eigenvalue weighted by molar-refractivity contribution is 5.82. The number of rotatable bonds is 6. The van der Waals surface area contributed by atoms with Crippen LogP contribution in [0, 0.1) is 0 Å². The molecule has 0 heterocycles. The fourth-order valence-electron chi connectivity index (χ4n) is 1.74. The number of aliphatic hydroxyl groups excluding tert-OH is 1. The average molecular weight is 320 g/mol. The van der Waals surface area contributed by atoms with Gasteiger partial charge in [0.2, 0.25) is 0 Å². The van der Waals surface area contributed by atoms with Crippen LogP contribution < -0.4 is 10.6 Å². The van der Waals surface area contributed by atoms with Crippen molar-refractivity contribution in [2.24, 2.45) is 0 Å². The van der Waals surface area contributed by atoms with E-state index in [4.69, 9.17) is 5.11 Å². The van der Waals surface area contributed by atoms with E-state index >= 15 is 0 Å². The van der Waals surface area contributed by atoms with Crippen molar-refractivity contribution in [3.05, 3.63) is 35.9 Å². The SMILES string of the molecule is O=C(O)N[C@@H](Cc1ccccc1)C(O)C(=O)NCC(F)(F)F. The van der Waals surface area contributed by atoms with Crippen molar-refractivity contribution in [2.45, 2.75) is 24.7 Å². The first kappa shape index (κ1) is 17.8. The van der Waals surface area contributed by atoms with Crippen LogP contribution in [0.2, 0.25) is 0 Å². The second-order valence-electron chi connectivity index (χ2n) is 4.52. The highest BCUT2D eigenvalue weighted by atomic mass is 19.4. The third kappa shape index (κ3) is 6.44. The summed E-state index contributed by atoms with van der Waals surface area (Å²) in [5, 5.41) is 21.9. The quantitative estimate of drug-likeness (QED) is 0.626. The summed E-state index contributed by atoms with van der Waals surface area (Å²) in [6.45, 7) is -1.60. The van der Waals surface area contributed by atoms with Gasteiger partial charge in [-0.05, 0) is 12.0 Å². The van der Waals surface area contributed by atoms with Gasteiger partial charge in [-0.3, -0.25) is 4.79 Å². The number of nitrogens with one attached hydrogen (secondary N) is 2. The lowest BCUT2D eigenvalue weighted by molar-refractivity contribution is -0.144. The highest BCUT2D eigenvalue weighted by Gasteiger charge is 2.32. The van der Waals surface area contributed by atoms with Crippen molar-refractivity contribution in [1.29, 1.82) is 0 Å². The second kappa shape index (κ2) is 7.64. The van der Waals surface area contributed by atoms with E-state index in [1.54, 1.807) is 30.3 Å². The van der Waals surface area contributed by atoms with E-state index in [0.717, 1.165) is 0 Å². The van der Waals surface area contributed by atoms with Crippen LogP contribution in [0.4, 0.5) is 18.0 Å². The van der Waals surface area contributed by atoms with Crippen molar-refractivity contribution < 1.29 is 33.0 Å². The van der Waals surface area contributed by atoms with Crippen molar-refractivity contribution >= 4 is 12.0 Å². The third-order valence-electron chi connectivity index (χ3n) is 2.72. The number of aliphatic hydroxyl groups is 1. The third-order valence-corrected chi connectivity index (χ3v) is 2.72. The molecule has 1 aromatic carbocycles. The summed E-state index contributed by atoms with van der Waals surface area (Å²) in [4.78, 5) is 22.2. The van der Waals surface area contributed by atoms with Gasteiger partial charge < -0.3 is 20.8 Å². The Hall–Kier alpha value is -2.29. The van der Waals surface area contributed by atoms with Gasteiger partial charge in [0.15, 0.2) is 6.10 Å². The molecule has 0 radical (unpaired) electrons. The highest BCUT2D eigenvalue weighted by Crippen LogP contribution is 2.13. The van der Waals surface area contributed by atoms with E-state index in [0.29, 0.717) is 5.56 Å². The summed E-state index contributed by atoms with van der Waals surface area (Å²) in [7, 11) is 0. The maximum absolute atomic E-state index is 12.0. The van der Waals surface area contributed by atoms with Crippen LogP contribution >= 0.6 is 0 Å². The molecule has 0 bridgehead atoms. The molecule has 1 rings (SSSR count). The van der Waals surface area contributed by atoms with Crippen LogP contribution in [-0.2, 0) is 11.2 Å². The van der Waals surface area contributed by atoms with Gasteiger partial charge in [0.1, 0.15) is 6.54 Å². The normalized spacial score (nSPS) is 14.0. The fourth-order valence-corrected chi connectivity index (χ4v) is 1.74. The minimum atomic E-state index is -4.62. The predicted molar refractivity (Wildman–Crippen MR) is 70.2 cm³/mol. The van der Waals surface area contributed by atoms with Gasteiger partial charge >= 0.3 is 12.3 Å². The lowest BCUT2D eigenvalue weighted by Crippen LogP contribution is -2.52. The Bertz CT molecular complexity index is 508. The molecule has 0 aromatic heterocycles. The summed E-state index contributed by atoms with van der Waals surface area (Å²) in [6.07, 6.45) is -8.11. The molecule has 122 valence electrons. The number of halogens is 3. The molecule has 22 heavy (non-hydrogen) atoms. The molecule has 6 nitrogen and oxygen atoms in total.